The minimum Gasteiger partial charge on any atom is -0.481 e. The molecule has 7 nitrogen and oxygen atoms in total. The normalized spacial score (nSPS) is 18.7. The van der Waals surface area contributed by atoms with Crippen LogP contribution in [0.1, 0.15) is 26.3 Å². The number of carbonyl (C=O) groups is 2. The molecule has 1 aromatic heterocycles. The summed E-state index contributed by atoms with van der Waals surface area (Å²) in [6, 6.07) is 0.0195. The fraction of sp³-hybridized carbons (Fsp3) is 0.692. The van der Waals surface area contributed by atoms with Crippen molar-refractivity contribution in [1.29, 1.82) is 0 Å². The highest BCUT2D eigenvalue weighted by atomic mass is 32.2. The van der Waals surface area contributed by atoms with Crippen molar-refractivity contribution in [3.8, 4) is 0 Å². The van der Waals surface area contributed by atoms with Crippen molar-refractivity contribution in [1.82, 2.24) is 19.7 Å². The van der Waals surface area contributed by atoms with Gasteiger partial charge >= 0.3 is 5.97 Å². The number of carbonyl (C=O) groups excluding carboxylic acids is 1. The summed E-state index contributed by atoms with van der Waals surface area (Å²) in [5.41, 5.74) is 0. The number of amides is 1. The summed E-state index contributed by atoms with van der Waals surface area (Å²) in [5, 5.41) is 17.6. The summed E-state index contributed by atoms with van der Waals surface area (Å²) >= 11 is 3.05. The molecule has 1 amide bonds. The highest BCUT2D eigenvalue weighted by Gasteiger charge is 2.29. The molecule has 9 heteroatoms. The SMILES string of the molecule is CC(C)n1cnnc1SCC(=O)N1CCSCC1CC(=O)O. The molecular formula is C13H20N4O3S2. The predicted octanol–water partition coefficient (Wildman–Crippen LogP) is 1.37. The molecule has 1 aliphatic heterocycles. The first kappa shape index (κ1) is 17.1. The van der Waals surface area contributed by atoms with Crippen molar-refractivity contribution in [3.63, 3.8) is 0 Å². The van der Waals surface area contributed by atoms with E-state index in [0.29, 0.717) is 17.5 Å². The Labute approximate surface area is 137 Å². The van der Waals surface area contributed by atoms with Crippen molar-refractivity contribution in [3.05, 3.63) is 6.33 Å². The van der Waals surface area contributed by atoms with Crippen LogP contribution in [0.3, 0.4) is 0 Å². The summed E-state index contributed by atoms with van der Waals surface area (Å²) in [4.78, 5) is 25.0. The van der Waals surface area contributed by atoms with Crippen molar-refractivity contribution in [2.24, 2.45) is 0 Å². The fourth-order valence-electron chi connectivity index (χ4n) is 2.25. The van der Waals surface area contributed by atoms with Gasteiger partial charge in [0.05, 0.1) is 18.2 Å². The molecule has 22 heavy (non-hydrogen) atoms. The number of thioether (sulfide) groups is 2. The van der Waals surface area contributed by atoms with E-state index in [4.69, 9.17) is 5.11 Å². The van der Waals surface area contributed by atoms with E-state index in [1.54, 1.807) is 23.0 Å². The molecule has 1 atom stereocenters. The second kappa shape index (κ2) is 7.87. The van der Waals surface area contributed by atoms with E-state index in [2.05, 4.69) is 10.2 Å². The molecule has 0 aliphatic carbocycles. The third-order valence-electron chi connectivity index (χ3n) is 3.38. The van der Waals surface area contributed by atoms with E-state index in [9.17, 15) is 9.59 Å². The Morgan fingerprint density at radius 2 is 2.32 bits per heavy atom. The standard InChI is InChI=1S/C13H20N4O3S2/c1-9(2)17-8-14-15-13(17)22-7-11(18)16-3-4-21-6-10(16)5-12(19)20/h8-10H,3-7H2,1-2H3,(H,19,20). The molecule has 1 N–H and O–H groups in total. The fourth-order valence-corrected chi connectivity index (χ4v) is 4.25. The molecule has 1 fully saturated rings. The predicted molar refractivity (Wildman–Crippen MR) is 86.2 cm³/mol. The van der Waals surface area contributed by atoms with Crippen LogP contribution in [0, 0.1) is 0 Å². The van der Waals surface area contributed by atoms with Gasteiger partial charge in [-0.25, -0.2) is 0 Å². The summed E-state index contributed by atoms with van der Waals surface area (Å²) in [5.74, 6) is 0.901. The van der Waals surface area contributed by atoms with Crippen LogP contribution < -0.4 is 0 Å². The van der Waals surface area contributed by atoms with Gasteiger partial charge in [0.25, 0.3) is 0 Å². The van der Waals surface area contributed by atoms with Gasteiger partial charge in [-0.05, 0) is 13.8 Å². The van der Waals surface area contributed by atoms with E-state index in [1.165, 1.54) is 11.8 Å². The highest BCUT2D eigenvalue weighted by Crippen LogP contribution is 2.23. The first-order valence-corrected chi connectivity index (χ1v) is 9.24. The third kappa shape index (κ3) is 4.39. The topological polar surface area (TPSA) is 88.3 Å². The zero-order valence-corrected chi connectivity index (χ0v) is 14.3. The van der Waals surface area contributed by atoms with E-state index in [0.717, 1.165) is 5.75 Å². The summed E-state index contributed by atoms with van der Waals surface area (Å²) in [7, 11) is 0. The maximum absolute atomic E-state index is 12.4. The Morgan fingerprint density at radius 1 is 1.55 bits per heavy atom. The minimum absolute atomic E-state index is 0.00554. The molecule has 0 spiro atoms. The van der Waals surface area contributed by atoms with E-state index in [1.807, 2.05) is 18.4 Å². The van der Waals surface area contributed by atoms with Gasteiger partial charge in [-0.15, -0.1) is 10.2 Å². The van der Waals surface area contributed by atoms with Crippen LogP contribution in [0.5, 0.6) is 0 Å². The maximum atomic E-state index is 12.4. The molecular weight excluding hydrogens is 324 g/mol. The van der Waals surface area contributed by atoms with E-state index in [-0.39, 0.29) is 30.2 Å². The van der Waals surface area contributed by atoms with Gasteiger partial charge < -0.3 is 14.6 Å². The van der Waals surface area contributed by atoms with Crippen molar-refractivity contribution >= 4 is 35.4 Å². The summed E-state index contributed by atoms with van der Waals surface area (Å²) in [6.45, 7) is 4.67. The lowest BCUT2D eigenvalue weighted by Crippen LogP contribution is -2.47. The monoisotopic (exact) mass is 344 g/mol. The molecule has 122 valence electrons. The van der Waals surface area contributed by atoms with Gasteiger partial charge in [-0.2, -0.15) is 11.8 Å². The van der Waals surface area contributed by atoms with Crippen molar-refractivity contribution < 1.29 is 14.7 Å². The van der Waals surface area contributed by atoms with Gasteiger partial charge in [0.15, 0.2) is 5.16 Å². The Kier molecular flexibility index (Phi) is 6.13. The van der Waals surface area contributed by atoms with E-state index < -0.39 is 5.97 Å². The van der Waals surface area contributed by atoms with Crippen LogP contribution in [0.25, 0.3) is 0 Å². The van der Waals surface area contributed by atoms with Gasteiger partial charge in [0.1, 0.15) is 6.33 Å². The van der Waals surface area contributed by atoms with Crippen LogP contribution in [0.15, 0.2) is 11.5 Å². The van der Waals surface area contributed by atoms with E-state index >= 15 is 0 Å². The average Bonchev–Trinajstić information content (AvgIpc) is 2.93. The summed E-state index contributed by atoms with van der Waals surface area (Å²) in [6.07, 6.45) is 1.66. The largest absolute Gasteiger partial charge is 0.481 e. The second-order valence-corrected chi connectivity index (χ2v) is 7.41. The number of carboxylic acids is 1. The lowest BCUT2D eigenvalue weighted by Gasteiger charge is -2.34. The second-order valence-electron chi connectivity index (χ2n) is 5.32. The Bertz CT molecular complexity index is 535. The van der Waals surface area contributed by atoms with Crippen LogP contribution in [-0.2, 0) is 9.59 Å². The van der Waals surface area contributed by atoms with Crippen LogP contribution in [0.2, 0.25) is 0 Å². The van der Waals surface area contributed by atoms with Gasteiger partial charge in [0.2, 0.25) is 5.91 Å². The van der Waals surface area contributed by atoms with Gasteiger partial charge in [0, 0.05) is 24.1 Å². The molecule has 0 bridgehead atoms. The number of nitrogens with zero attached hydrogens (tertiary/aromatic N) is 4. The van der Waals surface area contributed by atoms with Crippen LogP contribution >= 0.6 is 23.5 Å². The first-order chi connectivity index (χ1) is 10.5. The lowest BCUT2D eigenvalue weighted by molar-refractivity contribution is -0.139. The minimum atomic E-state index is -0.863. The van der Waals surface area contributed by atoms with Crippen LogP contribution in [0.4, 0.5) is 0 Å². The molecule has 1 aliphatic rings. The lowest BCUT2D eigenvalue weighted by atomic mass is 10.2. The first-order valence-electron chi connectivity index (χ1n) is 7.10. The molecule has 1 saturated heterocycles. The molecule has 0 saturated carbocycles. The Balaban J connectivity index is 1.95. The Morgan fingerprint density at radius 3 is 3.00 bits per heavy atom. The zero-order valence-electron chi connectivity index (χ0n) is 12.6. The molecule has 2 rings (SSSR count). The number of hydrogen-bond acceptors (Lipinski definition) is 6. The van der Waals surface area contributed by atoms with Crippen molar-refractivity contribution in [2.75, 3.05) is 23.8 Å². The highest BCUT2D eigenvalue weighted by molar-refractivity contribution is 8.00. The van der Waals surface area contributed by atoms with Gasteiger partial charge in [-0.3, -0.25) is 9.59 Å². The van der Waals surface area contributed by atoms with Crippen molar-refractivity contribution in [2.45, 2.75) is 37.5 Å². The molecule has 0 aromatic carbocycles. The smallest absolute Gasteiger partial charge is 0.305 e. The zero-order chi connectivity index (χ0) is 16.1. The third-order valence-corrected chi connectivity index (χ3v) is 5.41. The number of aliphatic carboxylic acids is 1. The molecule has 1 aromatic rings. The molecule has 2 heterocycles. The molecule has 1 unspecified atom stereocenters. The number of hydrogen-bond donors (Lipinski definition) is 1. The van der Waals surface area contributed by atoms with Gasteiger partial charge in [-0.1, -0.05) is 11.8 Å². The number of aromatic nitrogens is 3. The van der Waals surface area contributed by atoms with Crippen LogP contribution in [-0.4, -0.2) is 66.5 Å². The Hall–Kier alpha value is -1.22. The number of rotatable bonds is 6. The molecule has 0 radical (unpaired) electrons. The average molecular weight is 344 g/mol. The summed E-state index contributed by atoms with van der Waals surface area (Å²) < 4.78 is 1.92. The number of carboxylic acid groups (broad SMARTS) is 1. The maximum Gasteiger partial charge on any atom is 0.305 e. The quantitative estimate of drug-likeness (QED) is 0.780.